The molecule has 0 aromatic carbocycles. The first-order valence-electron chi connectivity index (χ1n) is 5.70. The van der Waals surface area contributed by atoms with Gasteiger partial charge in [0.2, 0.25) is 0 Å². The average Bonchev–Trinajstić information content (AvgIpc) is 2.60. The molecule has 0 amide bonds. The van der Waals surface area contributed by atoms with Crippen molar-refractivity contribution in [2.45, 2.75) is 38.9 Å². The first kappa shape index (κ1) is 16.6. The summed E-state index contributed by atoms with van der Waals surface area (Å²) in [5.41, 5.74) is -3.11. The van der Waals surface area contributed by atoms with Crippen LogP contribution in [0.25, 0.3) is 0 Å². The summed E-state index contributed by atoms with van der Waals surface area (Å²) in [7, 11) is -0.600. The van der Waals surface area contributed by atoms with Crippen LogP contribution in [0.4, 0.5) is 0 Å². The summed E-state index contributed by atoms with van der Waals surface area (Å²) in [6, 6.07) is 0. The van der Waals surface area contributed by atoms with Crippen molar-refractivity contribution < 1.29 is 32.2 Å². The summed E-state index contributed by atoms with van der Waals surface area (Å²) in [6.45, 7) is 5.54. The van der Waals surface area contributed by atoms with E-state index in [0.29, 0.717) is 0 Å². The van der Waals surface area contributed by atoms with Gasteiger partial charge >= 0.3 is 112 Å². The van der Waals surface area contributed by atoms with Crippen molar-refractivity contribution in [2.24, 2.45) is 0 Å². The summed E-state index contributed by atoms with van der Waals surface area (Å²) in [5.74, 6) is -0.772. The Balaban J connectivity index is 3.53. The average molecular weight is 296 g/mol. The summed E-state index contributed by atoms with van der Waals surface area (Å²) in [6.07, 6.45) is 0. The van der Waals surface area contributed by atoms with Gasteiger partial charge in [-0.05, 0) is 0 Å². The topological polar surface area (TPSA) is 80.3 Å². The number of carbonyl (C=O) groups is 2. The van der Waals surface area contributed by atoms with Crippen LogP contribution in [0.2, 0.25) is 0 Å². The molecular weight excluding hydrogens is 275 g/mol. The zero-order valence-electron chi connectivity index (χ0n) is 12.3. The Labute approximate surface area is 112 Å². The molecule has 0 radical (unpaired) electrons. The number of rotatable bonds is 5. The van der Waals surface area contributed by atoms with Crippen molar-refractivity contribution >= 4 is 19.3 Å². The van der Waals surface area contributed by atoms with E-state index >= 15 is 0 Å². The fraction of sp³-hybridized carbons (Fsp3) is 0.818. The van der Waals surface area contributed by atoms with Crippen molar-refractivity contribution in [3.8, 4) is 0 Å². The molecule has 0 aromatic rings. The van der Waals surface area contributed by atoms with Crippen LogP contribution in [0.3, 0.4) is 0 Å². The quantitative estimate of drug-likeness (QED) is 0.715. The predicted molar refractivity (Wildman–Crippen MR) is 68.3 cm³/mol. The molecule has 0 saturated carbocycles. The van der Waals surface area contributed by atoms with Gasteiger partial charge in [0, 0.05) is 0 Å². The molecule has 0 spiro atoms. The van der Waals surface area contributed by atoms with Gasteiger partial charge in [-0.3, -0.25) is 0 Å². The molecule has 112 valence electrons. The molecule has 1 saturated heterocycles. The summed E-state index contributed by atoms with van der Waals surface area (Å²) < 4.78 is 27.0. The third-order valence-corrected chi connectivity index (χ3v) is 6.93. The van der Waals surface area contributed by atoms with Crippen LogP contribution in [0.5, 0.6) is 0 Å². The fourth-order valence-electron chi connectivity index (χ4n) is 2.04. The Bertz CT molecular complexity index is 376. The molecule has 0 bridgehead atoms. The molecule has 1 rings (SSSR count). The van der Waals surface area contributed by atoms with Gasteiger partial charge < -0.3 is 0 Å². The summed E-state index contributed by atoms with van der Waals surface area (Å²) in [4.78, 5) is 23.9. The van der Waals surface area contributed by atoms with E-state index in [1.807, 2.05) is 0 Å². The molecular formula is C11H21O7P. The van der Waals surface area contributed by atoms with E-state index in [4.69, 9.17) is 22.6 Å². The Morgan fingerprint density at radius 3 is 1.26 bits per heavy atom. The number of hydrogen-bond donors (Lipinski definition) is 0. The predicted octanol–water partition coefficient (Wildman–Crippen LogP) is 1.80. The zero-order chi connectivity index (χ0) is 15.1. The monoisotopic (exact) mass is 296 g/mol. The number of hydrogen-bond acceptors (Lipinski definition) is 7. The molecule has 1 heterocycles. The van der Waals surface area contributed by atoms with Crippen molar-refractivity contribution in [2.75, 3.05) is 21.3 Å². The van der Waals surface area contributed by atoms with E-state index in [-0.39, 0.29) is 11.6 Å². The van der Waals surface area contributed by atoms with Crippen LogP contribution < -0.4 is 0 Å². The zero-order valence-corrected chi connectivity index (χ0v) is 13.2. The van der Waals surface area contributed by atoms with Crippen LogP contribution in [0.1, 0.15) is 27.7 Å². The van der Waals surface area contributed by atoms with Crippen molar-refractivity contribution in [3.63, 3.8) is 0 Å². The van der Waals surface area contributed by atoms with Gasteiger partial charge in [-0.1, -0.05) is 0 Å². The van der Waals surface area contributed by atoms with E-state index in [0.717, 1.165) is 0 Å². The molecule has 2 atom stereocenters. The summed E-state index contributed by atoms with van der Waals surface area (Å²) >= 11 is 0. The van der Waals surface area contributed by atoms with Gasteiger partial charge in [-0.15, -0.1) is 0 Å². The number of Topliss-reactive ketones (excluding diaryl/α,β-unsaturated/α-hetero) is 2. The van der Waals surface area contributed by atoms with E-state index in [2.05, 4.69) is 0 Å². The van der Waals surface area contributed by atoms with Crippen LogP contribution in [0, 0.1) is 0 Å². The molecule has 1 aliphatic heterocycles. The molecule has 0 aromatic heterocycles. The molecule has 1 fully saturated rings. The van der Waals surface area contributed by atoms with Crippen LogP contribution >= 0.6 is 7.74 Å². The maximum absolute atomic E-state index is 12.0. The minimum atomic E-state index is -4.43. The first-order chi connectivity index (χ1) is 8.55. The fourth-order valence-corrected chi connectivity index (χ4v) is 4.77. The minimum absolute atomic E-state index is 0.386. The van der Waals surface area contributed by atoms with E-state index in [1.165, 1.54) is 49.0 Å². The third kappa shape index (κ3) is 1.96. The van der Waals surface area contributed by atoms with Crippen molar-refractivity contribution in [3.05, 3.63) is 0 Å². The summed E-state index contributed by atoms with van der Waals surface area (Å²) in [5, 5.41) is 0. The van der Waals surface area contributed by atoms with Gasteiger partial charge in [0.15, 0.2) is 0 Å². The second-order valence-corrected chi connectivity index (χ2v) is 7.61. The molecule has 0 N–H and O–H groups in total. The molecule has 0 aliphatic carbocycles. The van der Waals surface area contributed by atoms with Crippen molar-refractivity contribution in [1.29, 1.82) is 0 Å². The van der Waals surface area contributed by atoms with Gasteiger partial charge in [-0.2, -0.15) is 0 Å². The standard InChI is InChI=1S/C11H21O7P/c1-8(12)10(3)11(4,9(2)13)18-19(14-5,15-6,16-7)17-10/h1-7H3/t10-,11+. The van der Waals surface area contributed by atoms with Crippen LogP contribution in [0.15, 0.2) is 0 Å². The second-order valence-electron chi connectivity index (χ2n) is 4.65. The molecule has 1 aliphatic rings. The Morgan fingerprint density at radius 2 is 1.11 bits per heavy atom. The van der Waals surface area contributed by atoms with Gasteiger partial charge in [0.1, 0.15) is 0 Å². The van der Waals surface area contributed by atoms with Gasteiger partial charge in [0.05, 0.1) is 0 Å². The Kier molecular flexibility index (Phi) is 3.98. The van der Waals surface area contributed by atoms with Gasteiger partial charge in [-0.25, -0.2) is 0 Å². The van der Waals surface area contributed by atoms with E-state index in [1.54, 1.807) is 0 Å². The molecule has 19 heavy (non-hydrogen) atoms. The third-order valence-electron chi connectivity index (χ3n) is 3.81. The maximum atomic E-state index is 12.0. The SMILES string of the molecule is COP1(OC)(OC)O[C@@](C)(C(C)=O)[C@@](C)(C(C)=O)O1. The van der Waals surface area contributed by atoms with E-state index < -0.39 is 18.9 Å². The number of carbonyl (C=O) groups excluding carboxylic acids is 2. The van der Waals surface area contributed by atoms with Crippen LogP contribution in [-0.2, 0) is 32.2 Å². The van der Waals surface area contributed by atoms with Crippen molar-refractivity contribution in [1.82, 2.24) is 0 Å². The normalized spacial score (nSPS) is 38.4. The second kappa shape index (κ2) is 4.55. The number of ketones is 2. The Hall–Kier alpha value is -0.430. The molecule has 8 heteroatoms. The molecule has 7 nitrogen and oxygen atoms in total. The van der Waals surface area contributed by atoms with Crippen LogP contribution in [-0.4, -0.2) is 44.1 Å². The first-order valence-corrected chi connectivity index (χ1v) is 7.53. The Morgan fingerprint density at radius 1 is 0.842 bits per heavy atom. The molecule has 0 unspecified atom stereocenters. The van der Waals surface area contributed by atoms with Gasteiger partial charge in [0.25, 0.3) is 0 Å². The van der Waals surface area contributed by atoms with E-state index in [9.17, 15) is 9.59 Å².